The molecule has 2 heterocycles. The second-order valence-electron chi connectivity index (χ2n) is 8.48. The van der Waals surface area contributed by atoms with E-state index >= 15 is 0 Å². The molecule has 0 aliphatic carbocycles. The zero-order chi connectivity index (χ0) is 24.0. The number of anilines is 2. The minimum absolute atomic E-state index is 0.109. The topological polar surface area (TPSA) is 70.6 Å². The van der Waals surface area contributed by atoms with Gasteiger partial charge in [-0.05, 0) is 68.7 Å². The summed E-state index contributed by atoms with van der Waals surface area (Å²) in [5.74, 6) is -0.272. The number of carbonyl (C=O) groups is 1. The summed E-state index contributed by atoms with van der Waals surface area (Å²) in [6.45, 7) is 6.21. The largest absolute Gasteiger partial charge is 0.284 e. The van der Waals surface area contributed by atoms with Crippen LogP contribution in [0.15, 0.2) is 71.6 Å². The monoisotopic (exact) mass is 491 g/mol. The summed E-state index contributed by atoms with van der Waals surface area (Å²) in [6.07, 6.45) is 0.661. The van der Waals surface area contributed by atoms with Crippen LogP contribution in [0, 0.1) is 6.92 Å². The lowest BCUT2D eigenvalue weighted by molar-refractivity contribution is 0.0988. The van der Waals surface area contributed by atoms with Crippen LogP contribution in [0.25, 0.3) is 10.2 Å². The first kappa shape index (κ1) is 22.6. The molecule has 6 nitrogen and oxygen atoms in total. The smallest absolute Gasteiger partial charge is 0.264 e. The van der Waals surface area contributed by atoms with Crippen LogP contribution in [0.1, 0.15) is 35.3 Å². The Morgan fingerprint density at radius 3 is 2.65 bits per heavy atom. The van der Waals surface area contributed by atoms with Crippen LogP contribution in [-0.4, -0.2) is 31.9 Å². The predicted molar refractivity (Wildman–Crippen MR) is 137 cm³/mol. The molecule has 1 atom stereocenters. The number of sulfonamides is 1. The molecular formula is C26H25N3O3S2. The van der Waals surface area contributed by atoms with Gasteiger partial charge in [-0.15, -0.1) is 0 Å². The standard InChI is InChI=1S/C26H25N3O3S2/c1-4-28(26-27-24-17(2)9-7-14-23(24)33-26)25(30)20-11-8-12-21(16-20)34(31,32)29-18(3)15-19-10-5-6-13-22(19)29/h5-14,16,18H,4,15H2,1-3H3/t18-/m0/s1. The van der Waals surface area contributed by atoms with Gasteiger partial charge in [-0.3, -0.25) is 14.0 Å². The highest BCUT2D eigenvalue weighted by molar-refractivity contribution is 7.92. The fourth-order valence-corrected chi connectivity index (χ4v) is 7.36. The molecule has 3 aromatic carbocycles. The van der Waals surface area contributed by atoms with Crippen molar-refractivity contribution in [3.8, 4) is 0 Å². The number of fused-ring (bicyclic) bond motifs is 2. The highest BCUT2D eigenvalue weighted by atomic mass is 32.2. The molecule has 0 saturated heterocycles. The Kier molecular flexibility index (Phi) is 5.65. The van der Waals surface area contributed by atoms with Crippen molar-refractivity contribution in [1.82, 2.24) is 4.98 Å². The molecule has 0 unspecified atom stereocenters. The number of rotatable bonds is 5. The molecule has 1 aliphatic rings. The van der Waals surface area contributed by atoms with Crippen LogP contribution in [0.4, 0.5) is 10.8 Å². The zero-order valence-electron chi connectivity index (χ0n) is 19.2. The number of hydrogen-bond acceptors (Lipinski definition) is 5. The normalized spacial score (nSPS) is 15.5. The molecule has 0 spiro atoms. The number of aryl methyl sites for hydroxylation is 1. The average Bonchev–Trinajstić information content (AvgIpc) is 3.41. The van der Waals surface area contributed by atoms with Gasteiger partial charge >= 0.3 is 0 Å². The number of aromatic nitrogens is 1. The van der Waals surface area contributed by atoms with Crippen molar-refractivity contribution in [1.29, 1.82) is 0 Å². The van der Waals surface area contributed by atoms with Crippen molar-refractivity contribution < 1.29 is 13.2 Å². The number of thiazole rings is 1. The lowest BCUT2D eigenvalue weighted by Gasteiger charge is -2.25. The van der Waals surface area contributed by atoms with E-state index in [1.54, 1.807) is 23.1 Å². The highest BCUT2D eigenvalue weighted by Crippen LogP contribution is 2.37. The summed E-state index contributed by atoms with van der Waals surface area (Å²) in [7, 11) is -3.83. The second kappa shape index (κ2) is 8.52. The summed E-state index contributed by atoms with van der Waals surface area (Å²) in [6, 6.07) is 19.6. The molecule has 0 radical (unpaired) electrons. The molecule has 0 fully saturated rings. The van der Waals surface area contributed by atoms with Crippen LogP contribution in [-0.2, 0) is 16.4 Å². The third-order valence-electron chi connectivity index (χ3n) is 6.18. The van der Waals surface area contributed by atoms with Gasteiger partial charge in [-0.1, -0.05) is 47.7 Å². The summed E-state index contributed by atoms with van der Waals surface area (Å²) < 4.78 is 29.8. The number of hydrogen-bond donors (Lipinski definition) is 0. The Balaban J connectivity index is 1.51. The molecule has 4 aromatic rings. The van der Waals surface area contributed by atoms with Gasteiger partial charge in [-0.25, -0.2) is 13.4 Å². The summed E-state index contributed by atoms with van der Waals surface area (Å²) in [4.78, 5) is 19.9. The maximum absolute atomic E-state index is 13.6. The molecular weight excluding hydrogens is 466 g/mol. The minimum Gasteiger partial charge on any atom is -0.284 e. The maximum atomic E-state index is 13.6. The molecule has 34 heavy (non-hydrogen) atoms. The Morgan fingerprint density at radius 2 is 1.88 bits per heavy atom. The van der Waals surface area contributed by atoms with Crippen LogP contribution >= 0.6 is 11.3 Å². The second-order valence-corrected chi connectivity index (χ2v) is 11.3. The molecule has 1 aliphatic heterocycles. The Morgan fingerprint density at radius 1 is 1.12 bits per heavy atom. The Labute approximate surface area is 203 Å². The van der Waals surface area contributed by atoms with Gasteiger partial charge in [0.05, 0.1) is 20.8 Å². The SMILES string of the molecule is CCN(C(=O)c1cccc(S(=O)(=O)N2c3ccccc3C[C@@H]2C)c1)c1nc2c(C)cccc2s1. The van der Waals surface area contributed by atoms with Crippen LogP contribution in [0.5, 0.6) is 0 Å². The lowest BCUT2D eigenvalue weighted by Crippen LogP contribution is -2.36. The predicted octanol–water partition coefficient (Wildman–Crippen LogP) is 5.41. The zero-order valence-corrected chi connectivity index (χ0v) is 20.9. The molecule has 1 aromatic heterocycles. The number of carbonyl (C=O) groups excluding carboxylic acids is 1. The third-order valence-corrected chi connectivity index (χ3v) is 9.15. The van der Waals surface area contributed by atoms with Gasteiger partial charge in [-0.2, -0.15) is 0 Å². The summed E-state index contributed by atoms with van der Waals surface area (Å²) >= 11 is 1.46. The molecule has 5 rings (SSSR count). The van der Waals surface area contributed by atoms with E-state index in [4.69, 9.17) is 4.98 Å². The number of para-hydroxylation sites is 2. The van der Waals surface area contributed by atoms with Crippen LogP contribution in [0.3, 0.4) is 0 Å². The average molecular weight is 492 g/mol. The fraction of sp³-hybridized carbons (Fsp3) is 0.231. The van der Waals surface area contributed by atoms with E-state index in [1.807, 2.05) is 63.2 Å². The van der Waals surface area contributed by atoms with Crippen LogP contribution in [0.2, 0.25) is 0 Å². The molecule has 0 N–H and O–H groups in total. The molecule has 174 valence electrons. The Hall–Kier alpha value is -3.23. The van der Waals surface area contributed by atoms with Crippen molar-refractivity contribution in [2.45, 2.75) is 38.1 Å². The number of benzene rings is 3. The molecule has 8 heteroatoms. The van der Waals surface area contributed by atoms with E-state index in [0.717, 1.165) is 21.3 Å². The number of amides is 1. The van der Waals surface area contributed by atoms with Crippen molar-refractivity contribution in [2.75, 3.05) is 15.7 Å². The molecule has 1 amide bonds. The van der Waals surface area contributed by atoms with E-state index in [9.17, 15) is 13.2 Å². The van der Waals surface area contributed by atoms with Crippen molar-refractivity contribution >= 4 is 48.3 Å². The van der Waals surface area contributed by atoms with Gasteiger partial charge in [0, 0.05) is 18.2 Å². The van der Waals surface area contributed by atoms with Crippen molar-refractivity contribution in [3.63, 3.8) is 0 Å². The van der Waals surface area contributed by atoms with Gasteiger partial charge in [0.15, 0.2) is 5.13 Å². The van der Waals surface area contributed by atoms with Gasteiger partial charge in [0.2, 0.25) is 0 Å². The molecule has 0 saturated carbocycles. The van der Waals surface area contributed by atoms with E-state index in [2.05, 4.69) is 0 Å². The summed E-state index contributed by atoms with van der Waals surface area (Å²) in [5, 5.41) is 0.604. The van der Waals surface area contributed by atoms with Gasteiger partial charge in [0.1, 0.15) is 0 Å². The quantitative estimate of drug-likeness (QED) is 0.374. The first-order chi connectivity index (χ1) is 16.3. The Bertz CT molecular complexity index is 1510. The van der Waals surface area contributed by atoms with Crippen molar-refractivity contribution in [3.05, 3.63) is 83.4 Å². The van der Waals surface area contributed by atoms with Gasteiger partial charge in [0.25, 0.3) is 15.9 Å². The van der Waals surface area contributed by atoms with Crippen molar-refractivity contribution in [2.24, 2.45) is 0 Å². The highest BCUT2D eigenvalue weighted by Gasteiger charge is 2.36. The fourth-order valence-electron chi connectivity index (χ4n) is 4.52. The first-order valence-corrected chi connectivity index (χ1v) is 13.5. The first-order valence-electron chi connectivity index (χ1n) is 11.2. The number of nitrogens with zero attached hydrogens (tertiary/aromatic N) is 3. The van der Waals surface area contributed by atoms with E-state index in [-0.39, 0.29) is 16.8 Å². The van der Waals surface area contributed by atoms with Crippen LogP contribution < -0.4 is 9.21 Å². The van der Waals surface area contributed by atoms with E-state index in [0.29, 0.717) is 29.3 Å². The minimum atomic E-state index is -3.83. The lowest BCUT2D eigenvalue weighted by atomic mass is 10.1. The van der Waals surface area contributed by atoms with E-state index in [1.165, 1.54) is 21.7 Å². The van der Waals surface area contributed by atoms with Gasteiger partial charge < -0.3 is 0 Å². The summed E-state index contributed by atoms with van der Waals surface area (Å²) in [5.41, 5.74) is 3.96. The van der Waals surface area contributed by atoms with E-state index < -0.39 is 10.0 Å². The molecule has 0 bridgehead atoms. The third kappa shape index (κ3) is 3.67. The maximum Gasteiger partial charge on any atom is 0.264 e.